The zero-order chi connectivity index (χ0) is 18.0. The Balaban J connectivity index is 1.99. The number of aromatic nitrogens is 2. The van der Waals surface area contributed by atoms with Gasteiger partial charge in [-0.3, -0.25) is 10.1 Å². The first kappa shape index (κ1) is 17.1. The Bertz CT molecular complexity index is 898. The van der Waals surface area contributed by atoms with Crippen molar-refractivity contribution < 1.29 is 13.5 Å². The summed E-state index contributed by atoms with van der Waals surface area (Å²) in [6.07, 6.45) is 6.86. The fourth-order valence-electron chi connectivity index (χ4n) is 2.76. The molecule has 5 nitrogen and oxygen atoms in total. The summed E-state index contributed by atoms with van der Waals surface area (Å²) < 4.78 is 32.9. The van der Waals surface area contributed by atoms with Crippen molar-refractivity contribution in [1.29, 1.82) is 0 Å². The van der Waals surface area contributed by atoms with Crippen LogP contribution in [-0.2, 0) is 12.1 Å². The quantitative estimate of drug-likeness (QED) is 0.811. The van der Waals surface area contributed by atoms with Crippen LogP contribution < -0.4 is 15.6 Å². The summed E-state index contributed by atoms with van der Waals surface area (Å²) in [5.41, 5.74) is 0.147. The van der Waals surface area contributed by atoms with Gasteiger partial charge in [0.1, 0.15) is 0 Å². The van der Waals surface area contributed by atoms with Crippen molar-refractivity contribution in [1.82, 2.24) is 15.1 Å². The molecule has 1 aliphatic carbocycles. The molecule has 0 unspecified atom stereocenters. The van der Waals surface area contributed by atoms with Crippen LogP contribution in [0.15, 0.2) is 29.1 Å². The van der Waals surface area contributed by atoms with Crippen LogP contribution in [0.5, 0.6) is 5.88 Å². The maximum Gasteiger partial charge on any atom is 0.272 e. The molecular formula is C18H17F2N3O2. The second kappa shape index (κ2) is 6.65. The number of nitrogens with one attached hydrogen (secondary N) is 1. The van der Waals surface area contributed by atoms with E-state index in [2.05, 4.69) is 16.3 Å². The van der Waals surface area contributed by atoms with Gasteiger partial charge in [0.15, 0.2) is 11.6 Å². The van der Waals surface area contributed by atoms with Gasteiger partial charge in [-0.05, 0) is 30.5 Å². The summed E-state index contributed by atoms with van der Waals surface area (Å²) in [4.78, 5) is 12.8. The van der Waals surface area contributed by atoms with Crippen LogP contribution in [0.4, 0.5) is 8.78 Å². The molecule has 1 aromatic heterocycles. The van der Waals surface area contributed by atoms with Crippen molar-refractivity contribution in [3.8, 4) is 18.2 Å². The first-order valence-electron chi connectivity index (χ1n) is 7.78. The Labute approximate surface area is 143 Å². The van der Waals surface area contributed by atoms with Crippen LogP contribution in [0.25, 0.3) is 0 Å². The lowest BCUT2D eigenvalue weighted by Crippen LogP contribution is -2.38. The third-order valence-electron chi connectivity index (χ3n) is 4.27. The number of terminal acetylenes is 1. The Morgan fingerprint density at radius 3 is 2.72 bits per heavy atom. The topological polar surface area (TPSA) is 56.1 Å². The maximum absolute atomic E-state index is 13.4. The molecule has 7 heteroatoms. The van der Waals surface area contributed by atoms with Crippen LogP contribution in [-0.4, -0.2) is 23.4 Å². The largest absolute Gasteiger partial charge is 0.480 e. The summed E-state index contributed by atoms with van der Waals surface area (Å²) in [7, 11) is 1.45. The van der Waals surface area contributed by atoms with E-state index in [9.17, 15) is 13.6 Å². The van der Waals surface area contributed by atoms with Crippen molar-refractivity contribution >= 4 is 0 Å². The van der Waals surface area contributed by atoms with Crippen LogP contribution in [0.2, 0.25) is 0 Å². The van der Waals surface area contributed by atoms with Crippen LogP contribution in [0, 0.1) is 24.0 Å². The summed E-state index contributed by atoms with van der Waals surface area (Å²) in [6, 6.07) is 5.08. The van der Waals surface area contributed by atoms with Crippen molar-refractivity contribution in [2.45, 2.75) is 24.9 Å². The highest BCUT2D eigenvalue weighted by molar-refractivity contribution is 5.32. The highest BCUT2D eigenvalue weighted by Crippen LogP contribution is 2.44. The molecule has 1 fully saturated rings. The van der Waals surface area contributed by atoms with Gasteiger partial charge in [0.2, 0.25) is 5.88 Å². The molecule has 1 heterocycles. The van der Waals surface area contributed by atoms with Gasteiger partial charge in [0.05, 0.1) is 25.7 Å². The molecule has 0 bridgehead atoms. The molecule has 0 spiro atoms. The van der Waals surface area contributed by atoms with Crippen molar-refractivity contribution in [3.05, 3.63) is 57.4 Å². The molecule has 2 aromatic rings. The zero-order valence-electron chi connectivity index (χ0n) is 13.7. The minimum absolute atomic E-state index is 0.00541. The molecule has 130 valence electrons. The Kier molecular flexibility index (Phi) is 4.55. The predicted octanol–water partition coefficient (Wildman–Crippen LogP) is 1.79. The van der Waals surface area contributed by atoms with Crippen LogP contribution in [0.1, 0.15) is 24.0 Å². The normalized spacial score (nSPS) is 14.8. The summed E-state index contributed by atoms with van der Waals surface area (Å²) in [5, 5.41) is 7.31. The Morgan fingerprint density at radius 1 is 1.36 bits per heavy atom. The zero-order valence-corrected chi connectivity index (χ0v) is 13.7. The second-order valence-electron chi connectivity index (χ2n) is 5.95. The molecule has 1 saturated carbocycles. The van der Waals surface area contributed by atoms with E-state index in [0.717, 1.165) is 25.0 Å². The van der Waals surface area contributed by atoms with Crippen molar-refractivity contribution in [2.24, 2.45) is 0 Å². The minimum Gasteiger partial charge on any atom is -0.480 e. The molecule has 0 amide bonds. The highest BCUT2D eigenvalue weighted by Gasteiger charge is 2.46. The Hall–Kier alpha value is -2.72. The first-order chi connectivity index (χ1) is 12.0. The average Bonchev–Trinajstić information content (AvgIpc) is 3.39. The third-order valence-corrected chi connectivity index (χ3v) is 4.27. The van der Waals surface area contributed by atoms with Crippen LogP contribution >= 0.6 is 0 Å². The molecule has 0 saturated heterocycles. The summed E-state index contributed by atoms with van der Waals surface area (Å²) in [6.45, 7) is 0.346. The SMILES string of the molecule is C#CCNC1(c2cc(OC)nn(Cc3ccc(F)c(F)c3)c2=O)CC1. The second-order valence-corrected chi connectivity index (χ2v) is 5.95. The van der Waals surface area contributed by atoms with Gasteiger partial charge in [-0.1, -0.05) is 12.0 Å². The number of nitrogens with zero attached hydrogens (tertiary/aromatic N) is 2. The first-order valence-corrected chi connectivity index (χ1v) is 7.78. The number of halogens is 2. The van der Waals surface area contributed by atoms with E-state index in [-0.39, 0.29) is 18.0 Å². The lowest BCUT2D eigenvalue weighted by atomic mass is 10.1. The third kappa shape index (κ3) is 3.39. The number of hydrogen-bond acceptors (Lipinski definition) is 4. The molecule has 1 aromatic carbocycles. The number of benzene rings is 1. The monoisotopic (exact) mass is 345 g/mol. The standard InChI is InChI=1S/C18H17F2N3O2/c1-3-8-21-18(6-7-18)13-10-16(25-2)22-23(17(13)24)11-12-4-5-14(19)15(20)9-12/h1,4-5,9-10,21H,6-8,11H2,2H3. The summed E-state index contributed by atoms with van der Waals surface area (Å²) >= 11 is 0. The lowest BCUT2D eigenvalue weighted by molar-refractivity contribution is 0.374. The van der Waals surface area contributed by atoms with E-state index in [1.165, 1.54) is 17.9 Å². The fraction of sp³-hybridized carbons (Fsp3) is 0.333. The van der Waals surface area contributed by atoms with Gasteiger partial charge in [0.25, 0.3) is 5.56 Å². The number of hydrogen-bond donors (Lipinski definition) is 1. The minimum atomic E-state index is -0.969. The van der Waals surface area contributed by atoms with E-state index >= 15 is 0 Å². The molecule has 0 radical (unpaired) electrons. The van der Waals surface area contributed by atoms with Gasteiger partial charge in [0, 0.05) is 11.6 Å². The average molecular weight is 345 g/mol. The van der Waals surface area contributed by atoms with E-state index in [1.807, 2.05) is 0 Å². The van der Waals surface area contributed by atoms with E-state index in [4.69, 9.17) is 11.2 Å². The van der Waals surface area contributed by atoms with Crippen molar-refractivity contribution in [2.75, 3.05) is 13.7 Å². The van der Waals surface area contributed by atoms with Gasteiger partial charge < -0.3 is 4.74 Å². The van der Waals surface area contributed by atoms with Gasteiger partial charge in [-0.25, -0.2) is 13.5 Å². The Morgan fingerprint density at radius 2 is 2.12 bits per heavy atom. The molecule has 0 atom stereocenters. The fourth-order valence-corrected chi connectivity index (χ4v) is 2.76. The van der Waals surface area contributed by atoms with E-state index in [0.29, 0.717) is 17.7 Å². The molecule has 1 N–H and O–H groups in total. The number of rotatable bonds is 6. The van der Waals surface area contributed by atoms with E-state index in [1.54, 1.807) is 6.07 Å². The molecule has 3 rings (SSSR count). The van der Waals surface area contributed by atoms with Crippen LogP contribution in [0.3, 0.4) is 0 Å². The lowest BCUT2D eigenvalue weighted by Gasteiger charge is -2.18. The molecule has 0 aliphatic heterocycles. The molecular weight excluding hydrogens is 328 g/mol. The molecule has 25 heavy (non-hydrogen) atoms. The summed E-state index contributed by atoms with van der Waals surface area (Å²) in [5.74, 6) is 0.865. The van der Waals surface area contributed by atoms with Gasteiger partial charge in [-0.15, -0.1) is 11.5 Å². The highest BCUT2D eigenvalue weighted by atomic mass is 19.2. The number of methoxy groups -OCH3 is 1. The predicted molar refractivity (Wildman–Crippen MR) is 88.3 cm³/mol. The van der Waals surface area contributed by atoms with Gasteiger partial charge >= 0.3 is 0 Å². The number of ether oxygens (including phenoxy) is 1. The van der Waals surface area contributed by atoms with Crippen molar-refractivity contribution in [3.63, 3.8) is 0 Å². The smallest absolute Gasteiger partial charge is 0.272 e. The molecule has 1 aliphatic rings. The van der Waals surface area contributed by atoms with Gasteiger partial charge in [-0.2, -0.15) is 0 Å². The van der Waals surface area contributed by atoms with E-state index < -0.39 is 17.2 Å². The maximum atomic E-state index is 13.4.